The molecule has 0 spiro atoms. The standard InChI is InChI=1S/C18H23NO3/c1-4-5-12-19(13-11-16-9-7-6-8-10-16)18(21)15(2)14-17(20)22-3/h4,6-10H,1-2,5,11-14H2,3H3. The molecule has 0 unspecified atom stereocenters. The van der Waals surface area contributed by atoms with E-state index in [4.69, 9.17) is 0 Å². The van der Waals surface area contributed by atoms with Crippen LogP contribution in [0.4, 0.5) is 0 Å². The molecule has 0 atom stereocenters. The number of hydrogen-bond acceptors (Lipinski definition) is 3. The second-order valence-electron chi connectivity index (χ2n) is 4.96. The molecule has 0 aliphatic heterocycles. The van der Waals surface area contributed by atoms with E-state index in [1.165, 1.54) is 7.11 Å². The van der Waals surface area contributed by atoms with Crippen LogP contribution in [-0.2, 0) is 20.7 Å². The first-order valence-electron chi connectivity index (χ1n) is 7.27. The smallest absolute Gasteiger partial charge is 0.310 e. The van der Waals surface area contributed by atoms with E-state index >= 15 is 0 Å². The maximum Gasteiger partial charge on any atom is 0.310 e. The van der Waals surface area contributed by atoms with E-state index in [0.29, 0.717) is 19.5 Å². The van der Waals surface area contributed by atoms with E-state index in [2.05, 4.69) is 17.9 Å². The quantitative estimate of drug-likeness (QED) is 0.400. The summed E-state index contributed by atoms with van der Waals surface area (Å²) in [6.45, 7) is 8.54. The van der Waals surface area contributed by atoms with Crippen LogP contribution in [0.1, 0.15) is 18.4 Å². The molecule has 0 bridgehead atoms. The summed E-state index contributed by atoms with van der Waals surface area (Å²) in [7, 11) is 1.30. The van der Waals surface area contributed by atoms with Crippen molar-refractivity contribution in [3.63, 3.8) is 0 Å². The lowest BCUT2D eigenvalue weighted by Gasteiger charge is -2.23. The summed E-state index contributed by atoms with van der Waals surface area (Å²) >= 11 is 0. The van der Waals surface area contributed by atoms with E-state index in [9.17, 15) is 9.59 Å². The van der Waals surface area contributed by atoms with Crippen LogP contribution in [0.2, 0.25) is 0 Å². The van der Waals surface area contributed by atoms with Gasteiger partial charge in [-0.3, -0.25) is 9.59 Å². The first-order valence-corrected chi connectivity index (χ1v) is 7.27. The Bertz CT molecular complexity index is 522. The predicted octanol–water partition coefficient (Wildman–Crippen LogP) is 2.75. The minimum absolute atomic E-state index is 0.0781. The Kier molecular flexibility index (Phi) is 7.68. The van der Waals surface area contributed by atoms with Crippen molar-refractivity contribution in [1.82, 2.24) is 4.90 Å². The zero-order valence-electron chi connectivity index (χ0n) is 13.1. The van der Waals surface area contributed by atoms with Crippen LogP contribution in [0.3, 0.4) is 0 Å². The van der Waals surface area contributed by atoms with Gasteiger partial charge in [-0.1, -0.05) is 43.0 Å². The van der Waals surface area contributed by atoms with Crippen LogP contribution in [-0.4, -0.2) is 37.0 Å². The molecule has 1 aromatic rings. The van der Waals surface area contributed by atoms with Gasteiger partial charge >= 0.3 is 5.97 Å². The average Bonchev–Trinajstić information content (AvgIpc) is 2.55. The molecule has 0 saturated heterocycles. The number of ether oxygens (including phenoxy) is 1. The van der Waals surface area contributed by atoms with Gasteiger partial charge < -0.3 is 9.64 Å². The summed E-state index contributed by atoms with van der Waals surface area (Å²) in [5.74, 6) is -0.659. The summed E-state index contributed by atoms with van der Waals surface area (Å²) in [5, 5.41) is 0. The van der Waals surface area contributed by atoms with E-state index in [1.54, 1.807) is 11.0 Å². The van der Waals surface area contributed by atoms with Gasteiger partial charge in [0.15, 0.2) is 0 Å². The monoisotopic (exact) mass is 301 g/mol. The molecule has 0 aliphatic rings. The van der Waals surface area contributed by atoms with E-state index < -0.39 is 5.97 Å². The number of benzene rings is 1. The summed E-state index contributed by atoms with van der Waals surface area (Å²) in [5.41, 5.74) is 1.42. The van der Waals surface area contributed by atoms with Gasteiger partial charge in [-0.2, -0.15) is 0 Å². The van der Waals surface area contributed by atoms with Crippen molar-refractivity contribution in [2.45, 2.75) is 19.3 Å². The molecule has 0 N–H and O–H groups in total. The highest BCUT2D eigenvalue weighted by Crippen LogP contribution is 2.09. The lowest BCUT2D eigenvalue weighted by atomic mass is 10.1. The van der Waals surface area contributed by atoms with Gasteiger partial charge in [0, 0.05) is 18.7 Å². The SMILES string of the molecule is C=CCCN(CCc1ccccc1)C(=O)C(=C)CC(=O)OC. The molecule has 118 valence electrons. The molecular weight excluding hydrogens is 278 g/mol. The van der Waals surface area contributed by atoms with Crippen LogP contribution in [0.25, 0.3) is 0 Å². The normalized spacial score (nSPS) is 9.86. The molecule has 4 heteroatoms. The largest absolute Gasteiger partial charge is 0.469 e. The van der Waals surface area contributed by atoms with Gasteiger partial charge in [0.1, 0.15) is 0 Å². The van der Waals surface area contributed by atoms with Crippen LogP contribution >= 0.6 is 0 Å². The van der Waals surface area contributed by atoms with E-state index in [-0.39, 0.29) is 17.9 Å². The second kappa shape index (κ2) is 9.55. The van der Waals surface area contributed by atoms with Crippen molar-refractivity contribution in [2.75, 3.05) is 20.2 Å². The first-order chi connectivity index (χ1) is 10.6. The summed E-state index contributed by atoms with van der Waals surface area (Å²) in [6, 6.07) is 9.96. The van der Waals surface area contributed by atoms with Gasteiger partial charge in [-0.25, -0.2) is 0 Å². The molecule has 1 aromatic carbocycles. The fourth-order valence-corrected chi connectivity index (χ4v) is 2.02. The van der Waals surface area contributed by atoms with Crippen LogP contribution < -0.4 is 0 Å². The molecule has 0 fully saturated rings. The molecule has 0 saturated carbocycles. The highest BCUT2D eigenvalue weighted by Gasteiger charge is 2.18. The van der Waals surface area contributed by atoms with Gasteiger partial charge in [0.2, 0.25) is 5.91 Å². The van der Waals surface area contributed by atoms with Crippen LogP contribution in [0, 0.1) is 0 Å². The van der Waals surface area contributed by atoms with Crippen molar-refractivity contribution in [3.8, 4) is 0 Å². The second-order valence-corrected chi connectivity index (χ2v) is 4.96. The van der Waals surface area contributed by atoms with Crippen molar-refractivity contribution in [2.24, 2.45) is 0 Å². The molecule has 1 amide bonds. The average molecular weight is 301 g/mol. The van der Waals surface area contributed by atoms with Crippen molar-refractivity contribution in [1.29, 1.82) is 0 Å². The third-order valence-corrected chi connectivity index (χ3v) is 3.29. The number of carbonyl (C=O) groups excluding carboxylic acids is 2. The molecule has 4 nitrogen and oxygen atoms in total. The third-order valence-electron chi connectivity index (χ3n) is 3.29. The highest BCUT2D eigenvalue weighted by molar-refractivity contribution is 5.97. The predicted molar refractivity (Wildman–Crippen MR) is 87.3 cm³/mol. The minimum Gasteiger partial charge on any atom is -0.469 e. The van der Waals surface area contributed by atoms with Gasteiger partial charge in [0.05, 0.1) is 13.5 Å². The molecule has 1 rings (SSSR count). The molecule has 0 radical (unpaired) electrons. The summed E-state index contributed by atoms with van der Waals surface area (Å²) < 4.78 is 4.57. The highest BCUT2D eigenvalue weighted by atomic mass is 16.5. The van der Waals surface area contributed by atoms with Crippen molar-refractivity contribution < 1.29 is 14.3 Å². The first kappa shape index (κ1) is 17.7. The number of nitrogens with zero attached hydrogens (tertiary/aromatic N) is 1. The number of esters is 1. The van der Waals surface area contributed by atoms with Gasteiger partial charge in [-0.15, -0.1) is 6.58 Å². The minimum atomic E-state index is -0.454. The molecule has 0 heterocycles. The lowest BCUT2D eigenvalue weighted by molar-refractivity contribution is -0.141. The van der Waals surface area contributed by atoms with E-state index in [0.717, 1.165) is 12.0 Å². The fourth-order valence-electron chi connectivity index (χ4n) is 2.02. The van der Waals surface area contributed by atoms with Crippen molar-refractivity contribution in [3.05, 3.63) is 60.7 Å². The Morgan fingerprint density at radius 2 is 1.91 bits per heavy atom. The molecule has 0 aromatic heterocycles. The molecule has 0 aliphatic carbocycles. The fraction of sp³-hybridized carbons (Fsp3) is 0.333. The lowest BCUT2D eigenvalue weighted by Crippen LogP contribution is -2.35. The van der Waals surface area contributed by atoms with Gasteiger partial charge in [0.25, 0.3) is 0 Å². The topological polar surface area (TPSA) is 46.6 Å². The van der Waals surface area contributed by atoms with Crippen LogP contribution in [0.5, 0.6) is 0 Å². The maximum absolute atomic E-state index is 12.4. The number of methoxy groups -OCH3 is 1. The number of carbonyl (C=O) groups is 2. The third kappa shape index (κ3) is 5.95. The Labute approximate surface area is 132 Å². The zero-order chi connectivity index (χ0) is 16.4. The summed E-state index contributed by atoms with van der Waals surface area (Å²) in [6.07, 6.45) is 3.15. The number of amides is 1. The zero-order valence-corrected chi connectivity index (χ0v) is 13.1. The molecular formula is C18H23NO3. The number of hydrogen-bond donors (Lipinski definition) is 0. The summed E-state index contributed by atoms with van der Waals surface area (Å²) in [4.78, 5) is 25.4. The maximum atomic E-state index is 12.4. The van der Waals surface area contributed by atoms with Gasteiger partial charge in [-0.05, 0) is 18.4 Å². The molecule has 22 heavy (non-hydrogen) atoms. The van der Waals surface area contributed by atoms with Crippen molar-refractivity contribution >= 4 is 11.9 Å². The Balaban J connectivity index is 2.65. The number of rotatable bonds is 9. The Hall–Kier alpha value is -2.36. The van der Waals surface area contributed by atoms with E-state index in [1.807, 2.05) is 30.3 Å². The Morgan fingerprint density at radius 1 is 1.23 bits per heavy atom. The van der Waals surface area contributed by atoms with Crippen LogP contribution in [0.15, 0.2) is 55.1 Å². The Morgan fingerprint density at radius 3 is 2.50 bits per heavy atom.